The van der Waals surface area contributed by atoms with Crippen LogP contribution in [0.1, 0.15) is 20.8 Å². The summed E-state index contributed by atoms with van der Waals surface area (Å²) in [5.41, 5.74) is 0.129. The summed E-state index contributed by atoms with van der Waals surface area (Å²) < 4.78 is 25.5. The molecule has 0 bridgehead atoms. The zero-order valence-electron chi connectivity index (χ0n) is 7.98. The summed E-state index contributed by atoms with van der Waals surface area (Å²) in [6.07, 6.45) is -2.54. The number of halogens is 2. The van der Waals surface area contributed by atoms with E-state index in [1.54, 1.807) is 0 Å². The van der Waals surface area contributed by atoms with E-state index < -0.39 is 12.3 Å². The third kappa shape index (κ3) is 2.70. The summed E-state index contributed by atoms with van der Waals surface area (Å²) in [6, 6.07) is 0. The van der Waals surface area contributed by atoms with E-state index in [1.165, 1.54) is 0 Å². The monoisotopic (exact) mass is 177 g/mol. The molecule has 0 aromatic carbocycles. The second-order valence-corrected chi connectivity index (χ2v) is 4.79. The van der Waals surface area contributed by atoms with Gasteiger partial charge in [0.2, 0.25) is 0 Å². The van der Waals surface area contributed by atoms with Crippen molar-refractivity contribution in [2.24, 2.45) is 5.41 Å². The first-order valence-corrected chi connectivity index (χ1v) is 4.39. The van der Waals surface area contributed by atoms with Crippen LogP contribution in [0.5, 0.6) is 0 Å². The zero-order valence-corrected chi connectivity index (χ0v) is 7.98. The fourth-order valence-corrected chi connectivity index (χ4v) is 1.60. The van der Waals surface area contributed by atoms with Crippen molar-refractivity contribution in [3.05, 3.63) is 0 Å². The Hall–Kier alpha value is -0.180. The Morgan fingerprint density at radius 3 is 1.92 bits per heavy atom. The largest absolute Gasteiger partial charge is 0.297 e. The van der Waals surface area contributed by atoms with E-state index in [0.29, 0.717) is 0 Å². The first-order chi connectivity index (χ1) is 5.38. The maximum absolute atomic E-state index is 12.7. The van der Waals surface area contributed by atoms with Crippen LogP contribution in [0.25, 0.3) is 0 Å². The van der Waals surface area contributed by atoms with Crippen LogP contribution in [0.15, 0.2) is 0 Å². The first-order valence-electron chi connectivity index (χ1n) is 4.39. The molecule has 1 heterocycles. The molecule has 0 aromatic rings. The van der Waals surface area contributed by atoms with Gasteiger partial charge in [-0.25, -0.2) is 8.78 Å². The molecule has 2 atom stereocenters. The van der Waals surface area contributed by atoms with Crippen molar-refractivity contribution in [1.29, 1.82) is 0 Å². The molecule has 0 spiro atoms. The topological polar surface area (TPSA) is 3.24 Å². The summed E-state index contributed by atoms with van der Waals surface area (Å²) in [5.74, 6) is 0. The van der Waals surface area contributed by atoms with E-state index in [-0.39, 0.29) is 18.5 Å². The molecule has 0 amide bonds. The highest BCUT2D eigenvalue weighted by atomic mass is 19.2. The van der Waals surface area contributed by atoms with E-state index in [1.807, 2.05) is 4.90 Å². The van der Waals surface area contributed by atoms with Crippen molar-refractivity contribution < 1.29 is 8.78 Å². The van der Waals surface area contributed by atoms with Gasteiger partial charge in [-0.1, -0.05) is 20.8 Å². The molecule has 3 heteroatoms. The van der Waals surface area contributed by atoms with Crippen LogP contribution in [0.4, 0.5) is 8.78 Å². The molecule has 0 saturated carbocycles. The van der Waals surface area contributed by atoms with E-state index in [0.717, 1.165) is 6.54 Å². The van der Waals surface area contributed by atoms with Crippen molar-refractivity contribution in [2.75, 3.05) is 19.6 Å². The molecule has 1 fully saturated rings. The Balaban J connectivity index is 2.38. The van der Waals surface area contributed by atoms with Gasteiger partial charge in [0.05, 0.1) is 0 Å². The number of likely N-dealkylation sites (tertiary alicyclic amines) is 1. The fraction of sp³-hybridized carbons (Fsp3) is 1.00. The van der Waals surface area contributed by atoms with Gasteiger partial charge < -0.3 is 0 Å². The second-order valence-electron chi connectivity index (χ2n) is 4.79. The highest BCUT2D eigenvalue weighted by Gasteiger charge is 2.34. The maximum atomic E-state index is 12.7. The van der Waals surface area contributed by atoms with Gasteiger partial charge in [-0.3, -0.25) is 4.90 Å². The van der Waals surface area contributed by atoms with Gasteiger partial charge >= 0.3 is 0 Å². The molecule has 0 N–H and O–H groups in total. The standard InChI is InChI=1S/C9H17F2N/c1-9(2,3)6-12-4-7(10)8(11)5-12/h7-8H,4-6H2,1-3H3/t7-,8-/m1/s1. The van der Waals surface area contributed by atoms with Gasteiger partial charge in [0, 0.05) is 19.6 Å². The average molecular weight is 177 g/mol. The van der Waals surface area contributed by atoms with Crippen molar-refractivity contribution in [1.82, 2.24) is 4.90 Å². The summed E-state index contributed by atoms with van der Waals surface area (Å²) in [4.78, 5) is 1.86. The Morgan fingerprint density at radius 2 is 1.58 bits per heavy atom. The molecule has 1 aliphatic heterocycles. The number of rotatable bonds is 1. The van der Waals surface area contributed by atoms with Crippen molar-refractivity contribution in [3.8, 4) is 0 Å². The van der Waals surface area contributed by atoms with Crippen LogP contribution < -0.4 is 0 Å². The lowest BCUT2D eigenvalue weighted by molar-refractivity contribution is 0.211. The minimum atomic E-state index is -1.27. The third-order valence-corrected chi connectivity index (χ3v) is 1.96. The van der Waals surface area contributed by atoms with E-state index >= 15 is 0 Å². The number of alkyl halides is 2. The highest BCUT2D eigenvalue weighted by Crippen LogP contribution is 2.22. The molecule has 1 saturated heterocycles. The molecule has 1 nitrogen and oxygen atoms in total. The van der Waals surface area contributed by atoms with Crippen LogP contribution in [0, 0.1) is 5.41 Å². The zero-order chi connectivity index (χ0) is 9.35. The van der Waals surface area contributed by atoms with Crippen LogP contribution in [0.2, 0.25) is 0 Å². The summed E-state index contributed by atoms with van der Waals surface area (Å²) in [7, 11) is 0. The Labute approximate surface area is 72.7 Å². The van der Waals surface area contributed by atoms with Gasteiger partial charge in [0.25, 0.3) is 0 Å². The number of hydrogen-bond acceptors (Lipinski definition) is 1. The van der Waals surface area contributed by atoms with Gasteiger partial charge in [0.15, 0.2) is 0 Å². The van der Waals surface area contributed by atoms with Gasteiger partial charge in [0.1, 0.15) is 12.3 Å². The second kappa shape index (κ2) is 3.29. The van der Waals surface area contributed by atoms with E-state index in [2.05, 4.69) is 20.8 Å². The predicted octanol–water partition coefficient (Wildman–Crippen LogP) is 2.02. The molecular weight excluding hydrogens is 160 g/mol. The minimum Gasteiger partial charge on any atom is -0.297 e. The molecular formula is C9H17F2N. The van der Waals surface area contributed by atoms with Crippen LogP contribution >= 0.6 is 0 Å². The fourth-order valence-electron chi connectivity index (χ4n) is 1.60. The third-order valence-electron chi connectivity index (χ3n) is 1.96. The predicted molar refractivity (Wildman–Crippen MR) is 45.7 cm³/mol. The minimum absolute atomic E-state index is 0.129. The molecule has 0 unspecified atom stereocenters. The smallest absolute Gasteiger partial charge is 0.145 e. The Bertz CT molecular complexity index is 143. The molecule has 0 aromatic heterocycles. The lowest BCUT2D eigenvalue weighted by Gasteiger charge is -2.25. The molecule has 0 aliphatic carbocycles. The molecule has 0 radical (unpaired) electrons. The van der Waals surface area contributed by atoms with Crippen molar-refractivity contribution in [2.45, 2.75) is 33.1 Å². The van der Waals surface area contributed by atoms with Gasteiger partial charge in [-0.2, -0.15) is 0 Å². The van der Waals surface area contributed by atoms with Gasteiger partial charge in [-0.05, 0) is 5.41 Å². The highest BCUT2D eigenvalue weighted by molar-refractivity contribution is 4.85. The lowest BCUT2D eigenvalue weighted by atomic mass is 9.96. The summed E-state index contributed by atoms with van der Waals surface area (Å²) in [5, 5.41) is 0. The van der Waals surface area contributed by atoms with Crippen LogP contribution in [-0.4, -0.2) is 36.9 Å². The summed E-state index contributed by atoms with van der Waals surface area (Å²) in [6.45, 7) is 7.52. The van der Waals surface area contributed by atoms with Crippen LogP contribution in [0.3, 0.4) is 0 Å². The quantitative estimate of drug-likeness (QED) is 0.592. The van der Waals surface area contributed by atoms with Crippen LogP contribution in [-0.2, 0) is 0 Å². The summed E-state index contributed by atoms with van der Waals surface area (Å²) >= 11 is 0. The number of nitrogens with zero attached hydrogens (tertiary/aromatic N) is 1. The van der Waals surface area contributed by atoms with Crippen molar-refractivity contribution >= 4 is 0 Å². The Morgan fingerprint density at radius 1 is 1.17 bits per heavy atom. The van der Waals surface area contributed by atoms with Gasteiger partial charge in [-0.15, -0.1) is 0 Å². The SMILES string of the molecule is CC(C)(C)CN1C[C@@H](F)[C@H](F)C1. The normalized spacial score (nSPS) is 32.8. The lowest BCUT2D eigenvalue weighted by Crippen LogP contribution is -2.31. The molecule has 12 heavy (non-hydrogen) atoms. The van der Waals surface area contributed by atoms with Crippen molar-refractivity contribution in [3.63, 3.8) is 0 Å². The molecule has 1 rings (SSSR count). The molecule has 1 aliphatic rings. The average Bonchev–Trinajstić information content (AvgIpc) is 2.07. The Kier molecular flexibility index (Phi) is 2.71. The first kappa shape index (κ1) is 9.90. The molecule has 72 valence electrons. The maximum Gasteiger partial charge on any atom is 0.145 e. The van der Waals surface area contributed by atoms with E-state index in [9.17, 15) is 8.78 Å². The van der Waals surface area contributed by atoms with E-state index in [4.69, 9.17) is 0 Å². The number of hydrogen-bond donors (Lipinski definition) is 0.